The van der Waals surface area contributed by atoms with Gasteiger partial charge in [0.1, 0.15) is 32.3 Å². The van der Waals surface area contributed by atoms with E-state index in [4.69, 9.17) is 61.6 Å². The minimum absolute atomic E-state index is 0.0648. The van der Waals surface area contributed by atoms with Crippen molar-refractivity contribution in [1.82, 2.24) is 0 Å². The molecule has 0 N–H and O–H groups in total. The zero-order chi connectivity index (χ0) is 109. The highest BCUT2D eigenvalue weighted by Crippen LogP contribution is 2.12. The van der Waals surface area contributed by atoms with Crippen LogP contribution in [-0.4, -0.2) is 158 Å². The SMILES string of the molecule is C1=CCOC1.C1=CCOCC1.C1=COC1.C1=COCC1.C1=COCCC1.C1=COCCO1.C1CCOC1.C1CCOCC1.C1CO1.C1COC1.C1COCCO1.CC.CC.CC.CC.CC.CC.CC.CC.CC.CC.CC.CC.CC(C)C.CC(C)C.CC(C)C.CC(C)C.CC(C)C.CC(C)C.CC(C)C.CC(C)C.CC(C)C.CC(C)C.CC(C)C.CC(C)C1OCCO1. The van der Waals surface area contributed by atoms with Crippen molar-refractivity contribution in [2.45, 2.75) is 479 Å². The summed E-state index contributed by atoms with van der Waals surface area (Å²) in [5.74, 6) is 9.66. The third-order valence-electron chi connectivity index (χ3n) is 8.40. The van der Waals surface area contributed by atoms with E-state index in [0.717, 1.165) is 217 Å². The first-order valence-corrected chi connectivity index (χ1v) is 54.7. The van der Waals surface area contributed by atoms with Gasteiger partial charge in [-0.15, -0.1) is 0 Å². The minimum atomic E-state index is 0.0648. The molecule has 15 heteroatoms. The van der Waals surface area contributed by atoms with Crippen molar-refractivity contribution in [3.05, 3.63) is 73.8 Å². The van der Waals surface area contributed by atoms with Crippen LogP contribution in [0.25, 0.3) is 0 Å². The summed E-state index contributed by atoms with van der Waals surface area (Å²) in [7, 11) is 0. The third kappa shape index (κ3) is 524. The Bertz CT molecular complexity index is 1310. The van der Waals surface area contributed by atoms with Gasteiger partial charge in [0.2, 0.25) is 0 Å². The average Bonchev–Trinajstić information content (AvgIpc) is 1.83. The molecule has 0 aromatic carbocycles. The maximum atomic E-state index is 5.19. The molecule has 12 rings (SSSR count). The van der Waals surface area contributed by atoms with Crippen LogP contribution >= 0.6 is 0 Å². The van der Waals surface area contributed by atoms with Crippen molar-refractivity contribution in [2.24, 2.45) is 71.0 Å². The molecule has 6 fully saturated rings. The van der Waals surface area contributed by atoms with E-state index in [0.29, 0.717) is 19.1 Å². The summed E-state index contributed by atoms with van der Waals surface area (Å²) in [6, 6.07) is 0. The van der Waals surface area contributed by atoms with Gasteiger partial charge in [-0.25, -0.2) is 0 Å². The quantitative estimate of drug-likeness (QED) is 0.181. The Morgan fingerprint density at radius 3 is 0.424 bits per heavy atom. The second-order valence-corrected chi connectivity index (χ2v) is 33.7. The van der Waals surface area contributed by atoms with Crippen molar-refractivity contribution < 1.29 is 71.1 Å². The van der Waals surface area contributed by atoms with Crippen molar-refractivity contribution in [2.75, 3.05) is 152 Å². The molecule has 12 aliphatic heterocycles. The maximum absolute atomic E-state index is 5.19. The van der Waals surface area contributed by atoms with Crippen LogP contribution in [0.5, 0.6) is 0 Å². The molecule has 0 radical (unpaired) electrons. The molecule has 0 amide bonds. The van der Waals surface area contributed by atoms with Gasteiger partial charge in [-0.2, -0.15) is 0 Å². The fraction of sp³-hybridized carbons (Fsp3) is 0.897. The van der Waals surface area contributed by atoms with Crippen LogP contribution in [0.1, 0.15) is 473 Å². The molecule has 0 aromatic rings. The first-order valence-electron chi connectivity index (χ1n) is 54.7. The van der Waals surface area contributed by atoms with Gasteiger partial charge in [0.05, 0.1) is 111 Å². The Morgan fingerprint density at radius 1 is 0.152 bits per heavy atom. The summed E-state index contributed by atoms with van der Waals surface area (Å²) in [4.78, 5) is 0. The van der Waals surface area contributed by atoms with E-state index < -0.39 is 0 Å². The molecule has 6 saturated heterocycles. The van der Waals surface area contributed by atoms with Gasteiger partial charge in [-0.05, 0) is 141 Å². The standard InChI is InChI=1S/C6H12O2.C5H10O.2C5H8O.C4H8O2.C4H6O2.C4H8O.2C4H6O.11C4H10.C3H6O.C3H4O.C2H4O.12C2H6/c1-5(2)6-7-3-4-8-6;3*1-2-4-6-5-3-1;2*1-2-6-4-3-5-1;3*1-2-4-5-3-1;11*1-4(2)3;2*1-2-4-3-1;1-2-3-1;12*1-2/h5-6H,3-4H2,1-2H3;1-5H2;2,4H,1,3,5H2;1-2H,3-5H2;1-4H2;1-2H,3-4H2;1-4H2;1,3H,2,4H2;1-2H,3-4H2;11*4H,1-3H3;1-3H2;1-2H,3H2;1-2H2;12*1-2H3. The van der Waals surface area contributed by atoms with Gasteiger partial charge in [-0.1, -0.05) is 433 Å². The van der Waals surface area contributed by atoms with Crippen LogP contribution in [0.3, 0.4) is 0 Å². The van der Waals surface area contributed by atoms with E-state index in [1.807, 2.05) is 203 Å². The van der Waals surface area contributed by atoms with Crippen molar-refractivity contribution in [1.29, 1.82) is 0 Å². The lowest BCUT2D eigenvalue weighted by atomic mass is 10.2. The molecule has 12 aliphatic rings. The Hall–Kier alpha value is -2.96. The monoisotopic (exact) mass is 1910 g/mol. The number of ether oxygens (including phenoxy) is 15. The fourth-order valence-corrected chi connectivity index (χ4v) is 4.61. The lowest BCUT2D eigenvalue weighted by molar-refractivity contribution is -0.0732. The summed E-state index contributed by atoms with van der Waals surface area (Å²) >= 11 is 0. The van der Waals surface area contributed by atoms with Gasteiger partial charge < -0.3 is 71.1 Å². The highest BCUT2D eigenvalue weighted by atomic mass is 16.7. The van der Waals surface area contributed by atoms with E-state index in [2.05, 4.69) is 258 Å². The molecule has 0 saturated carbocycles. The van der Waals surface area contributed by atoms with E-state index >= 15 is 0 Å². The Morgan fingerprint density at radius 2 is 0.348 bits per heavy atom. The highest BCUT2D eigenvalue weighted by Gasteiger charge is 2.18. The number of epoxide rings is 1. The molecule has 132 heavy (non-hydrogen) atoms. The molecule has 0 aromatic heterocycles. The summed E-state index contributed by atoms with van der Waals surface area (Å²) < 4.78 is 73.0. The fourth-order valence-electron chi connectivity index (χ4n) is 4.61. The zero-order valence-electron chi connectivity index (χ0n) is 103. The zero-order valence-corrected chi connectivity index (χ0v) is 103. The minimum Gasteiger partial charge on any atom is -0.502 e. The summed E-state index contributed by atoms with van der Waals surface area (Å²) in [6.45, 7) is 144. The summed E-state index contributed by atoms with van der Waals surface area (Å²) in [5.41, 5.74) is 0. The highest BCUT2D eigenvalue weighted by molar-refractivity contribution is 4.86. The molecule has 826 valence electrons. The maximum Gasteiger partial charge on any atom is 0.160 e. The van der Waals surface area contributed by atoms with E-state index in [9.17, 15) is 0 Å². The molecule has 15 nitrogen and oxygen atoms in total. The van der Waals surface area contributed by atoms with Crippen molar-refractivity contribution in [3.8, 4) is 0 Å². The molecular weight excluding hydrogens is 1650 g/mol. The molecule has 12 heterocycles. The Balaban J connectivity index is -0.0000000445. The van der Waals surface area contributed by atoms with Crippen LogP contribution in [0, 0.1) is 71.0 Å². The smallest absolute Gasteiger partial charge is 0.160 e. The van der Waals surface area contributed by atoms with Crippen molar-refractivity contribution >= 4 is 0 Å². The van der Waals surface area contributed by atoms with Crippen LogP contribution in [0.2, 0.25) is 0 Å². The Kier molecular flexibility index (Phi) is 319. The van der Waals surface area contributed by atoms with E-state index in [1.54, 1.807) is 31.3 Å². The van der Waals surface area contributed by atoms with Crippen molar-refractivity contribution in [3.63, 3.8) is 0 Å². The molecular formula is C117H268O15. The second kappa shape index (κ2) is 224. The molecule has 0 spiro atoms. The van der Waals surface area contributed by atoms with Gasteiger partial charge in [0.25, 0.3) is 0 Å². The number of hydrogen-bond acceptors (Lipinski definition) is 15. The first kappa shape index (κ1) is 188. The molecule has 0 atom stereocenters. The topological polar surface area (TPSA) is 142 Å². The predicted molar refractivity (Wildman–Crippen MR) is 610 cm³/mol. The normalized spacial score (nSPS) is 14.1. The van der Waals surface area contributed by atoms with Gasteiger partial charge in [-0.3, -0.25) is 0 Å². The number of hydrogen-bond donors (Lipinski definition) is 0. The van der Waals surface area contributed by atoms with Crippen LogP contribution in [0.15, 0.2) is 73.8 Å². The van der Waals surface area contributed by atoms with Crippen LogP contribution in [0.4, 0.5) is 0 Å². The summed E-state index contributed by atoms with van der Waals surface area (Å²) in [5, 5.41) is 0. The van der Waals surface area contributed by atoms with Gasteiger partial charge >= 0.3 is 0 Å². The van der Waals surface area contributed by atoms with Crippen LogP contribution in [-0.2, 0) is 71.1 Å². The second-order valence-electron chi connectivity index (χ2n) is 33.7. The lowest BCUT2D eigenvalue weighted by Gasteiger charge is -2.11. The Labute approximate surface area is 842 Å². The number of allylic oxidation sites excluding steroid dienone is 1. The molecule has 0 bridgehead atoms. The number of rotatable bonds is 1. The first-order chi connectivity index (χ1) is 62.9. The largest absolute Gasteiger partial charge is 0.502 e. The van der Waals surface area contributed by atoms with Gasteiger partial charge in [0.15, 0.2) is 6.29 Å². The lowest BCUT2D eigenvalue weighted by Crippen LogP contribution is -2.16. The summed E-state index contributed by atoms with van der Waals surface area (Å²) in [6.07, 6.45) is 34.9. The molecule has 0 unspecified atom stereocenters. The van der Waals surface area contributed by atoms with Gasteiger partial charge in [0, 0.05) is 52.0 Å². The molecule has 0 aliphatic carbocycles. The third-order valence-corrected chi connectivity index (χ3v) is 8.40. The van der Waals surface area contributed by atoms with E-state index in [1.165, 1.54) is 51.4 Å². The van der Waals surface area contributed by atoms with Crippen LogP contribution < -0.4 is 0 Å². The van der Waals surface area contributed by atoms with E-state index in [-0.39, 0.29) is 6.29 Å². The predicted octanol–water partition coefficient (Wildman–Crippen LogP) is 38.9. The average molecular weight is 1920 g/mol.